The number of hydrogen-bond acceptors (Lipinski definition) is 2. The summed E-state index contributed by atoms with van der Waals surface area (Å²) in [5, 5.41) is 0. The summed E-state index contributed by atoms with van der Waals surface area (Å²) in [7, 11) is 0. The van der Waals surface area contributed by atoms with Crippen LogP contribution < -0.4 is 10.5 Å². The summed E-state index contributed by atoms with van der Waals surface area (Å²) in [6, 6.07) is 8.83. The molecule has 0 fully saturated rings. The summed E-state index contributed by atoms with van der Waals surface area (Å²) < 4.78 is 32.2. The monoisotopic (exact) mass is 327 g/mol. The Balaban J connectivity index is 2.19. The Hall–Kier alpha value is -1.46. The molecule has 0 saturated carbocycles. The van der Waals surface area contributed by atoms with E-state index in [2.05, 4.69) is 15.9 Å². The van der Waals surface area contributed by atoms with E-state index < -0.39 is 11.6 Å². The number of halogens is 3. The van der Waals surface area contributed by atoms with Gasteiger partial charge in [-0.3, -0.25) is 0 Å². The number of rotatable bonds is 4. The van der Waals surface area contributed by atoms with Crippen LogP contribution in [0.25, 0.3) is 0 Å². The fraction of sp³-hybridized carbons (Fsp3) is 0.143. The van der Waals surface area contributed by atoms with E-state index >= 15 is 0 Å². The van der Waals surface area contributed by atoms with Gasteiger partial charge >= 0.3 is 0 Å². The highest BCUT2D eigenvalue weighted by molar-refractivity contribution is 9.10. The molecule has 0 aliphatic carbocycles. The molecule has 0 aliphatic rings. The average molecular weight is 328 g/mol. The summed E-state index contributed by atoms with van der Waals surface area (Å²) in [6.45, 7) is 0.558. The van der Waals surface area contributed by atoms with E-state index in [0.29, 0.717) is 12.3 Å². The quantitative estimate of drug-likeness (QED) is 0.920. The fourth-order valence-electron chi connectivity index (χ4n) is 1.63. The van der Waals surface area contributed by atoms with Crippen molar-refractivity contribution in [3.63, 3.8) is 0 Å². The van der Waals surface area contributed by atoms with Crippen molar-refractivity contribution in [3.05, 3.63) is 58.1 Å². The van der Waals surface area contributed by atoms with Gasteiger partial charge in [0, 0.05) is 10.5 Å². The predicted octanol–water partition coefficient (Wildman–Crippen LogP) is 4.02. The Bertz CT molecular complexity index is 590. The van der Waals surface area contributed by atoms with Crippen LogP contribution in [0, 0.1) is 11.6 Å². The Morgan fingerprint density at radius 3 is 2.32 bits per heavy atom. The van der Waals surface area contributed by atoms with Gasteiger partial charge in [0.15, 0.2) is 11.6 Å². The molecule has 19 heavy (non-hydrogen) atoms. The highest BCUT2D eigenvalue weighted by Gasteiger charge is 2.06. The maximum Gasteiger partial charge on any atom is 0.162 e. The molecule has 2 N–H and O–H groups in total. The van der Waals surface area contributed by atoms with Crippen LogP contribution >= 0.6 is 15.9 Å². The van der Waals surface area contributed by atoms with Crippen LogP contribution in [-0.4, -0.2) is 6.54 Å². The highest BCUT2D eigenvalue weighted by Crippen LogP contribution is 2.28. The average Bonchev–Trinajstić information content (AvgIpc) is 2.37. The minimum Gasteiger partial charge on any atom is -0.457 e. The smallest absolute Gasteiger partial charge is 0.162 e. The predicted molar refractivity (Wildman–Crippen MR) is 73.3 cm³/mol. The molecule has 2 aromatic carbocycles. The lowest BCUT2D eigenvalue weighted by molar-refractivity contribution is 0.461. The first kappa shape index (κ1) is 14.0. The van der Waals surface area contributed by atoms with Crippen molar-refractivity contribution in [2.24, 2.45) is 5.73 Å². The standard InChI is InChI=1S/C14H12BrF2NO/c15-12-7-10(2-1-9(12)5-6-18)19-11-3-4-13(16)14(17)8-11/h1-4,7-8H,5-6,18H2. The van der Waals surface area contributed by atoms with Gasteiger partial charge in [-0.1, -0.05) is 22.0 Å². The molecule has 0 radical (unpaired) electrons. The third-order valence-electron chi connectivity index (χ3n) is 2.56. The lowest BCUT2D eigenvalue weighted by Gasteiger charge is -2.09. The molecule has 0 amide bonds. The molecule has 0 heterocycles. The summed E-state index contributed by atoms with van der Waals surface area (Å²) in [4.78, 5) is 0. The lowest BCUT2D eigenvalue weighted by atomic mass is 10.1. The Kier molecular flexibility index (Phi) is 4.50. The molecular weight excluding hydrogens is 316 g/mol. The largest absolute Gasteiger partial charge is 0.457 e. The van der Waals surface area contributed by atoms with Crippen molar-refractivity contribution in [3.8, 4) is 11.5 Å². The number of ether oxygens (including phenoxy) is 1. The number of hydrogen-bond donors (Lipinski definition) is 1. The number of benzene rings is 2. The van der Waals surface area contributed by atoms with E-state index in [0.717, 1.165) is 28.6 Å². The first-order valence-electron chi connectivity index (χ1n) is 5.71. The molecule has 2 rings (SSSR count). The van der Waals surface area contributed by atoms with Crippen LogP contribution in [0.2, 0.25) is 0 Å². The van der Waals surface area contributed by atoms with Crippen molar-refractivity contribution >= 4 is 15.9 Å². The summed E-state index contributed by atoms with van der Waals surface area (Å²) in [5.74, 6) is -1.04. The second-order valence-corrected chi connectivity index (χ2v) is 4.82. The topological polar surface area (TPSA) is 35.2 Å². The van der Waals surface area contributed by atoms with Crippen LogP contribution in [-0.2, 0) is 6.42 Å². The van der Waals surface area contributed by atoms with Gasteiger partial charge < -0.3 is 10.5 Å². The minimum absolute atomic E-state index is 0.248. The maximum absolute atomic E-state index is 13.0. The molecule has 0 atom stereocenters. The summed E-state index contributed by atoms with van der Waals surface area (Å²) in [5.41, 5.74) is 6.56. The van der Waals surface area contributed by atoms with Crippen molar-refractivity contribution in [1.29, 1.82) is 0 Å². The third-order valence-corrected chi connectivity index (χ3v) is 3.30. The highest BCUT2D eigenvalue weighted by atomic mass is 79.9. The maximum atomic E-state index is 13.0. The van der Waals surface area contributed by atoms with Crippen LogP contribution in [0.4, 0.5) is 8.78 Å². The molecule has 2 aromatic rings. The molecule has 0 unspecified atom stereocenters. The van der Waals surface area contributed by atoms with Crippen molar-refractivity contribution in [2.45, 2.75) is 6.42 Å². The van der Waals surface area contributed by atoms with Crippen LogP contribution in [0.3, 0.4) is 0 Å². The zero-order chi connectivity index (χ0) is 13.8. The van der Waals surface area contributed by atoms with Gasteiger partial charge in [-0.05, 0) is 42.8 Å². The molecule has 0 aliphatic heterocycles. The first-order chi connectivity index (χ1) is 9.10. The SMILES string of the molecule is NCCc1ccc(Oc2ccc(F)c(F)c2)cc1Br. The molecule has 100 valence electrons. The number of nitrogens with two attached hydrogens (primary N) is 1. The van der Waals surface area contributed by atoms with Gasteiger partial charge in [0.25, 0.3) is 0 Å². The normalized spacial score (nSPS) is 10.5. The molecule has 0 aromatic heterocycles. The van der Waals surface area contributed by atoms with Crippen molar-refractivity contribution in [2.75, 3.05) is 6.54 Å². The summed E-state index contributed by atoms with van der Waals surface area (Å²) in [6.07, 6.45) is 0.756. The second kappa shape index (κ2) is 6.12. The van der Waals surface area contributed by atoms with E-state index in [1.807, 2.05) is 6.07 Å². The summed E-state index contributed by atoms with van der Waals surface area (Å²) >= 11 is 3.42. The van der Waals surface area contributed by atoms with Gasteiger partial charge in [0.05, 0.1) is 0 Å². The van der Waals surface area contributed by atoms with Crippen molar-refractivity contribution < 1.29 is 13.5 Å². The van der Waals surface area contributed by atoms with Gasteiger partial charge in [-0.2, -0.15) is 0 Å². The lowest BCUT2D eigenvalue weighted by Crippen LogP contribution is -2.03. The van der Waals surface area contributed by atoms with E-state index in [1.54, 1.807) is 12.1 Å². The van der Waals surface area contributed by atoms with E-state index in [1.165, 1.54) is 6.07 Å². The van der Waals surface area contributed by atoms with Gasteiger partial charge in [-0.25, -0.2) is 8.78 Å². The third kappa shape index (κ3) is 3.52. The van der Waals surface area contributed by atoms with E-state index in [-0.39, 0.29) is 5.75 Å². The van der Waals surface area contributed by atoms with Gasteiger partial charge in [-0.15, -0.1) is 0 Å². The van der Waals surface area contributed by atoms with Gasteiger partial charge in [0.1, 0.15) is 11.5 Å². The Morgan fingerprint density at radius 2 is 1.68 bits per heavy atom. The Labute approximate surface area is 118 Å². The molecule has 2 nitrogen and oxygen atoms in total. The minimum atomic E-state index is -0.934. The van der Waals surface area contributed by atoms with Crippen LogP contribution in [0.1, 0.15) is 5.56 Å². The Morgan fingerprint density at radius 1 is 1.00 bits per heavy atom. The fourth-order valence-corrected chi connectivity index (χ4v) is 2.18. The first-order valence-corrected chi connectivity index (χ1v) is 6.51. The zero-order valence-electron chi connectivity index (χ0n) is 10.00. The zero-order valence-corrected chi connectivity index (χ0v) is 11.6. The molecule has 0 bridgehead atoms. The molecule has 0 spiro atoms. The van der Waals surface area contributed by atoms with E-state index in [4.69, 9.17) is 10.5 Å². The van der Waals surface area contributed by atoms with Gasteiger partial charge in [0.2, 0.25) is 0 Å². The van der Waals surface area contributed by atoms with Crippen LogP contribution in [0.15, 0.2) is 40.9 Å². The molecule has 5 heteroatoms. The molecule has 0 saturated heterocycles. The van der Waals surface area contributed by atoms with Crippen molar-refractivity contribution in [1.82, 2.24) is 0 Å². The second-order valence-electron chi connectivity index (χ2n) is 3.97. The van der Waals surface area contributed by atoms with E-state index in [9.17, 15) is 8.78 Å². The van der Waals surface area contributed by atoms with Crippen LogP contribution in [0.5, 0.6) is 11.5 Å². The molecular formula is C14H12BrF2NO.